The first-order chi connectivity index (χ1) is 7.08. The van der Waals surface area contributed by atoms with Crippen molar-refractivity contribution in [2.75, 3.05) is 5.32 Å². The van der Waals surface area contributed by atoms with E-state index in [2.05, 4.69) is 15.6 Å². The smallest absolute Gasteiger partial charge is 0.314 e. The number of anilines is 1. The average molecular weight is 205 g/mol. The largest absolute Gasteiger partial charge is 0.324 e. The molecule has 0 aromatic carbocycles. The first-order valence-electron chi connectivity index (χ1n) is 4.72. The highest BCUT2D eigenvalue weighted by atomic mass is 16.2. The summed E-state index contributed by atoms with van der Waals surface area (Å²) in [6, 6.07) is 5.18. The van der Waals surface area contributed by atoms with Crippen LogP contribution in [0.4, 0.5) is 10.6 Å². The van der Waals surface area contributed by atoms with E-state index >= 15 is 0 Å². The number of carbonyl (C=O) groups is 1. The monoisotopic (exact) mass is 205 g/mol. The molecular formula is C11H15N3O. The average Bonchev–Trinajstić information content (AvgIpc) is 2.15. The highest BCUT2D eigenvalue weighted by Gasteiger charge is 1.99. The lowest BCUT2D eigenvalue weighted by molar-refractivity contribution is 0.255. The summed E-state index contributed by atoms with van der Waals surface area (Å²) in [4.78, 5) is 15.5. The number of hydrogen-bond donors (Lipinski definition) is 2. The van der Waals surface area contributed by atoms with E-state index in [0.29, 0.717) is 5.82 Å². The van der Waals surface area contributed by atoms with E-state index in [-0.39, 0.29) is 6.03 Å². The van der Waals surface area contributed by atoms with Crippen LogP contribution in [0.25, 0.3) is 0 Å². The minimum absolute atomic E-state index is 0.283. The number of rotatable bonds is 2. The third-order valence-corrected chi connectivity index (χ3v) is 1.62. The molecule has 0 saturated carbocycles. The van der Waals surface area contributed by atoms with Crippen molar-refractivity contribution >= 4 is 11.8 Å². The van der Waals surface area contributed by atoms with Crippen LogP contribution in [-0.2, 0) is 0 Å². The summed E-state index contributed by atoms with van der Waals surface area (Å²) in [7, 11) is 0. The van der Waals surface area contributed by atoms with E-state index in [9.17, 15) is 4.79 Å². The molecule has 15 heavy (non-hydrogen) atoms. The maximum atomic E-state index is 11.3. The molecule has 1 aromatic rings. The molecule has 0 spiro atoms. The molecule has 4 nitrogen and oxygen atoms in total. The number of pyridine rings is 1. The molecule has 0 bridgehead atoms. The second kappa shape index (κ2) is 5.14. The molecule has 2 amide bonds. The Balaban J connectivity index is 2.55. The molecule has 0 aliphatic heterocycles. The summed E-state index contributed by atoms with van der Waals surface area (Å²) in [5, 5.41) is 5.23. The molecule has 0 atom stereocenters. The third-order valence-electron chi connectivity index (χ3n) is 1.62. The molecule has 0 unspecified atom stereocenters. The van der Waals surface area contributed by atoms with Gasteiger partial charge in [-0.05, 0) is 32.9 Å². The van der Waals surface area contributed by atoms with Crippen LogP contribution in [-0.4, -0.2) is 11.0 Å². The van der Waals surface area contributed by atoms with Gasteiger partial charge in [-0.3, -0.25) is 5.32 Å². The maximum absolute atomic E-state index is 11.3. The van der Waals surface area contributed by atoms with E-state index < -0.39 is 0 Å². The molecule has 0 saturated heterocycles. The first kappa shape index (κ1) is 11.2. The number of aryl methyl sites for hydroxylation is 1. The van der Waals surface area contributed by atoms with Gasteiger partial charge in [-0.15, -0.1) is 0 Å². The summed E-state index contributed by atoms with van der Waals surface area (Å²) in [5.41, 5.74) is 1.90. The van der Waals surface area contributed by atoms with Crippen LogP contribution in [0.15, 0.2) is 30.0 Å². The molecule has 0 aliphatic carbocycles. The number of hydrogen-bond acceptors (Lipinski definition) is 2. The van der Waals surface area contributed by atoms with Gasteiger partial charge in [0.05, 0.1) is 0 Å². The Morgan fingerprint density at radius 2 is 2.13 bits per heavy atom. The summed E-state index contributed by atoms with van der Waals surface area (Å²) in [6.07, 6.45) is 1.64. The van der Waals surface area contributed by atoms with Gasteiger partial charge in [0.15, 0.2) is 0 Å². The zero-order chi connectivity index (χ0) is 11.3. The molecule has 0 aliphatic rings. The Morgan fingerprint density at radius 1 is 1.40 bits per heavy atom. The summed E-state index contributed by atoms with van der Waals surface area (Å²) >= 11 is 0. The highest BCUT2D eigenvalue weighted by Crippen LogP contribution is 2.03. The van der Waals surface area contributed by atoms with Crippen molar-refractivity contribution in [3.8, 4) is 0 Å². The number of aromatic nitrogens is 1. The first-order valence-corrected chi connectivity index (χ1v) is 4.72. The van der Waals surface area contributed by atoms with E-state index in [1.165, 1.54) is 0 Å². The van der Waals surface area contributed by atoms with Gasteiger partial charge in [0.1, 0.15) is 5.82 Å². The van der Waals surface area contributed by atoms with Crippen molar-refractivity contribution in [1.29, 1.82) is 0 Å². The van der Waals surface area contributed by atoms with Gasteiger partial charge in [0.25, 0.3) is 0 Å². The third kappa shape index (κ3) is 4.26. The molecular weight excluding hydrogens is 190 g/mol. The van der Waals surface area contributed by atoms with Crippen LogP contribution in [0, 0.1) is 6.92 Å². The van der Waals surface area contributed by atoms with E-state index in [4.69, 9.17) is 0 Å². The lowest BCUT2D eigenvalue weighted by Crippen LogP contribution is -2.24. The van der Waals surface area contributed by atoms with Crippen LogP contribution in [0.3, 0.4) is 0 Å². The second-order valence-electron chi connectivity index (χ2n) is 3.48. The fourth-order valence-corrected chi connectivity index (χ4v) is 0.975. The van der Waals surface area contributed by atoms with Crippen LogP contribution in [0.2, 0.25) is 0 Å². The Morgan fingerprint density at radius 3 is 2.73 bits per heavy atom. The van der Waals surface area contributed by atoms with Crippen molar-refractivity contribution in [3.05, 3.63) is 35.7 Å². The van der Waals surface area contributed by atoms with Gasteiger partial charge in [-0.1, -0.05) is 11.6 Å². The minimum atomic E-state index is -0.283. The van der Waals surface area contributed by atoms with Crippen molar-refractivity contribution in [2.24, 2.45) is 0 Å². The lowest BCUT2D eigenvalue weighted by atomic mass is 10.4. The van der Waals surface area contributed by atoms with E-state index in [0.717, 1.165) is 11.3 Å². The number of amides is 2. The molecule has 1 heterocycles. The van der Waals surface area contributed by atoms with Crippen molar-refractivity contribution < 1.29 is 4.79 Å². The zero-order valence-electron chi connectivity index (χ0n) is 9.16. The quantitative estimate of drug-likeness (QED) is 0.779. The highest BCUT2D eigenvalue weighted by molar-refractivity contribution is 5.88. The zero-order valence-corrected chi connectivity index (χ0v) is 9.16. The van der Waals surface area contributed by atoms with Crippen LogP contribution < -0.4 is 10.6 Å². The number of urea groups is 1. The van der Waals surface area contributed by atoms with Crippen molar-refractivity contribution in [1.82, 2.24) is 10.3 Å². The fraction of sp³-hybridized carbons (Fsp3) is 0.273. The van der Waals surface area contributed by atoms with Gasteiger partial charge in [-0.2, -0.15) is 0 Å². The predicted octanol–water partition coefficient (Wildman–Crippen LogP) is 2.44. The SMILES string of the molecule is CC(C)=CNC(=O)Nc1cccc(C)n1. The number of allylic oxidation sites excluding steroid dienone is 1. The molecule has 0 fully saturated rings. The Labute approximate surface area is 89.4 Å². The lowest BCUT2D eigenvalue weighted by Gasteiger charge is -2.04. The van der Waals surface area contributed by atoms with Crippen molar-refractivity contribution in [2.45, 2.75) is 20.8 Å². The maximum Gasteiger partial charge on any atom is 0.324 e. The molecule has 1 rings (SSSR count). The summed E-state index contributed by atoms with van der Waals surface area (Å²) in [5.74, 6) is 0.551. The van der Waals surface area contributed by atoms with Crippen LogP contribution >= 0.6 is 0 Å². The molecule has 2 N–H and O–H groups in total. The minimum Gasteiger partial charge on any atom is -0.314 e. The summed E-state index contributed by atoms with van der Waals surface area (Å²) in [6.45, 7) is 5.69. The van der Waals surface area contributed by atoms with Gasteiger partial charge < -0.3 is 5.32 Å². The second-order valence-corrected chi connectivity index (χ2v) is 3.48. The standard InChI is InChI=1S/C11H15N3O/c1-8(2)7-12-11(15)14-10-6-4-5-9(3)13-10/h4-7H,1-3H3,(H2,12,13,14,15). The molecule has 0 radical (unpaired) electrons. The summed E-state index contributed by atoms with van der Waals surface area (Å²) < 4.78 is 0. The number of nitrogens with zero attached hydrogens (tertiary/aromatic N) is 1. The van der Waals surface area contributed by atoms with Crippen molar-refractivity contribution in [3.63, 3.8) is 0 Å². The van der Waals surface area contributed by atoms with E-state index in [1.54, 1.807) is 12.3 Å². The van der Waals surface area contributed by atoms with Gasteiger partial charge in [0, 0.05) is 11.9 Å². The number of nitrogens with one attached hydrogen (secondary N) is 2. The van der Waals surface area contributed by atoms with Crippen LogP contribution in [0.1, 0.15) is 19.5 Å². The Hall–Kier alpha value is -1.84. The molecule has 4 heteroatoms. The van der Waals surface area contributed by atoms with Gasteiger partial charge >= 0.3 is 6.03 Å². The fourth-order valence-electron chi connectivity index (χ4n) is 0.975. The Bertz CT molecular complexity index is 381. The van der Waals surface area contributed by atoms with Gasteiger partial charge in [0.2, 0.25) is 0 Å². The molecule has 80 valence electrons. The topological polar surface area (TPSA) is 54.0 Å². The Kier molecular flexibility index (Phi) is 3.85. The van der Waals surface area contributed by atoms with Gasteiger partial charge in [-0.25, -0.2) is 9.78 Å². The van der Waals surface area contributed by atoms with Crippen LogP contribution in [0.5, 0.6) is 0 Å². The molecule has 1 aromatic heterocycles. The number of carbonyl (C=O) groups excluding carboxylic acids is 1. The van der Waals surface area contributed by atoms with E-state index in [1.807, 2.05) is 32.9 Å². The normalized spacial score (nSPS) is 9.27. The predicted molar refractivity (Wildman–Crippen MR) is 60.6 cm³/mol.